The minimum absolute atomic E-state index is 0.332. The van der Waals surface area contributed by atoms with Crippen LogP contribution in [-0.2, 0) is 9.53 Å². The van der Waals surface area contributed by atoms with Gasteiger partial charge in [0.1, 0.15) is 5.54 Å². The van der Waals surface area contributed by atoms with Crippen molar-refractivity contribution in [3.63, 3.8) is 0 Å². The lowest BCUT2D eigenvalue weighted by molar-refractivity contribution is -0.143. The van der Waals surface area contributed by atoms with Crippen LogP contribution in [0.25, 0.3) is 0 Å². The molecule has 0 aliphatic rings. The molecule has 0 aromatic heterocycles. The van der Waals surface area contributed by atoms with Crippen molar-refractivity contribution < 1.29 is 14.6 Å². The topological polar surface area (TPSA) is 72.5 Å². The van der Waals surface area contributed by atoms with E-state index in [1.807, 2.05) is 0 Å². The smallest absolute Gasteiger partial charge is 0.323 e. The van der Waals surface area contributed by atoms with Crippen molar-refractivity contribution in [3.8, 4) is 0 Å². The second-order valence-corrected chi connectivity index (χ2v) is 2.47. The van der Waals surface area contributed by atoms with Gasteiger partial charge in [-0.15, -0.1) is 0 Å². The van der Waals surface area contributed by atoms with E-state index >= 15 is 0 Å². The molecule has 3 N–H and O–H groups in total. The van der Waals surface area contributed by atoms with Gasteiger partial charge in [0.2, 0.25) is 0 Å². The Labute approximate surface area is 60.0 Å². The van der Waals surface area contributed by atoms with E-state index in [0.717, 1.165) is 0 Å². The highest BCUT2D eigenvalue weighted by molar-refractivity contribution is 5.77. The first-order chi connectivity index (χ1) is 4.50. The van der Waals surface area contributed by atoms with Gasteiger partial charge in [0.05, 0.1) is 0 Å². The van der Waals surface area contributed by atoms with E-state index in [0.29, 0.717) is 13.0 Å². The number of carbonyl (C=O) groups is 1. The maximum absolute atomic E-state index is 10.3. The van der Waals surface area contributed by atoms with Gasteiger partial charge in [-0.1, -0.05) is 0 Å². The van der Waals surface area contributed by atoms with E-state index in [4.69, 9.17) is 10.8 Å². The summed E-state index contributed by atoms with van der Waals surface area (Å²) < 4.78 is 4.68. The Bertz CT molecular complexity index is 122. The molecule has 0 aliphatic heterocycles. The van der Waals surface area contributed by atoms with Crippen molar-refractivity contribution in [2.24, 2.45) is 5.73 Å². The largest absolute Gasteiger partial charge is 0.480 e. The molecular formula is C6H13NO3. The lowest BCUT2D eigenvalue weighted by Gasteiger charge is -2.17. The average molecular weight is 147 g/mol. The van der Waals surface area contributed by atoms with Crippen LogP contribution < -0.4 is 5.73 Å². The number of carboxylic acid groups (broad SMARTS) is 1. The first-order valence-electron chi connectivity index (χ1n) is 3.02. The molecule has 0 aliphatic carbocycles. The Morgan fingerprint density at radius 1 is 1.80 bits per heavy atom. The Morgan fingerprint density at radius 2 is 2.30 bits per heavy atom. The molecule has 10 heavy (non-hydrogen) atoms. The predicted octanol–water partition coefficient (Wildman–Crippen LogP) is -0.175. The molecule has 0 saturated carbocycles. The lowest BCUT2D eigenvalue weighted by Crippen LogP contribution is -2.45. The fraction of sp³-hybridized carbons (Fsp3) is 0.833. The van der Waals surface area contributed by atoms with E-state index in [-0.39, 0.29) is 0 Å². The number of hydrogen-bond acceptors (Lipinski definition) is 3. The summed E-state index contributed by atoms with van der Waals surface area (Å²) in [6.45, 7) is 1.84. The molecule has 60 valence electrons. The van der Waals surface area contributed by atoms with Crippen molar-refractivity contribution in [1.29, 1.82) is 0 Å². The van der Waals surface area contributed by atoms with Crippen LogP contribution in [0.2, 0.25) is 0 Å². The third kappa shape index (κ3) is 2.80. The minimum atomic E-state index is -1.16. The van der Waals surface area contributed by atoms with Gasteiger partial charge in [0, 0.05) is 13.7 Å². The quantitative estimate of drug-likeness (QED) is 0.578. The van der Waals surface area contributed by atoms with Gasteiger partial charge in [-0.2, -0.15) is 0 Å². The van der Waals surface area contributed by atoms with Crippen LogP contribution in [-0.4, -0.2) is 30.3 Å². The fourth-order valence-corrected chi connectivity index (χ4v) is 0.421. The maximum atomic E-state index is 10.3. The zero-order chi connectivity index (χ0) is 8.20. The van der Waals surface area contributed by atoms with Crippen LogP contribution in [0.4, 0.5) is 0 Å². The summed E-state index contributed by atoms with van der Waals surface area (Å²) in [6.07, 6.45) is 0.332. The zero-order valence-electron chi connectivity index (χ0n) is 6.26. The van der Waals surface area contributed by atoms with Gasteiger partial charge in [-0.05, 0) is 13.3 Å². The van der Waals surface area contributed by atoms with E-state index in [9.17, 15) is 4.79 Å². The van der Waals surface area contributed by atoms with Crippen molar-refractivity contribution in [2.45, 2.75) is 18.9 Å². The highest BCUT2D eigenvalue weighted by atomic mass is 16.5. The van der Waals surface area contributed by atoms with Crippen molar-refractivity contribution >= 4 is 5.97 Å². The number of rotatable bonds is 4. The molecule has 1 atom stereocenters. The molecule has 0 saturated heterocycles. The van der Waals surface area contributed by atoms with Gasteiger partial charge in [0.15, 0.2) is 0 Å². The highest BCUT2D eigenvalue weighted by Crippen LogP contribution is 2.04. The van der Waals surface area contributed by atoms with E-state index in [1.54, 1.807) is 0 Å². The summed E-state index contributed by atoms with van der Waals surface area (Å²) in [4.78, 5) is 10.3. The van der Waals surface area contributed by atoms with Gasteiger partial charge in [0.25, 0.3) is 0 Å². The fourth-order valence-electron chi connectivity index (χ4n) is 0.421. The Morgan fingerprint density at radius 3 is 2.60 bits per heavy atom. The molecule has 0 spiro atoms. The van der Waals surface area contributed by atoms with Crippen LogP contribution in [0.1, 0.15) is 13.3 Å². The molecule has 0 unspecified atom stereocenters. The minimum Gasteiger partial charge on any atom is -0.480 e. The number of hydrogen-bond donors (Lipinski definition) is 2. The molecule has 0 fully saturated rings. The Balaban J connectivity index is 3.75. The summed E-state index contributed by atoms with van der Waals surface area (Å²) in [5.41, 5.74) is 4.21. The summed E-state index contributed by atoms with van der Waals surface area (Å²) >= 11 is 0. The SMILES string of the molecule is COCC[C@@](C)(N)C(=O)O. The standard InChI is InChI=1S/C6H13NO3/c1-6(7,5(8)9)3-4-10-2/h3-4,7H2,1-2H3,(H,8,9)/t6-/m1/s1. The van der Waals surface area contributed by atoms with Crippen LogP contribution in [0.15, 0.2) is 0 Å². The summed E-state index contributed by atoms with van der Waals surface area (Å²) in [6, 6.07) is 0. The van der Waals surface area contributed by atoms with E-state index in [2.05, 4.69) is 4.74 Å². The van der Waals surface area contributed by atoms with Crippen molar-refractivity contribution in [3.05, 3.63) is 0 Å². The Hall–Kier alpha value is -0.610. The van der Waals surface area contributed by atoms with Gasteiger partial charge < -0.3 is 15.6 Å². The zero-order valence-corrected chi connectivity index (χ0v) is 6.26. The van der Waals surface area contributed by atoms with E-state index in [1.165, 1.54) is 14.0 Å². The molecule has 0 bridgehead atoms. The van der Waals surface area contributed by atoms with Crippen LogP contribution in [0, 0.1) is 0 Å². The predicted molar refractivity (Wildman–Crippen MR) is 36.7 cm³/mol. The summed E-state index contributed by atoms with van der Waals surface area (Å²) in [5, 5.41) is 8.49. The Kier molecular flexibility index (Phi) is 3.32. The number of aliphatic carboxylic acids is 1. The molecule has 0 heterocycles. The summed E-state index contributed by atoms with van der Waals surface area (Å²) in [5.74, 6) is -0.996. The molecule has 0 amide bonds. The van der Waals surface area contributed by atoms with Gasteiger partial charge in [-0.25, -0.2) is 0 Å². The van der Waals surface area contributed by atoms with Gasteiger partial charge >= 0.3 is 5.97 Å². The second kappa shape index (κ2) is 3.53. The number of nitrogens with two attached hydrogens (primary N) is 1. The third-order valence-corrected chi connectivity index (χ3v) is 1.31. The van der Waals surface area contributed by atoms with Crippen LogP contribution >= 0.6 is 0 Å². The van der Waals surface area contributed by atoms with Crippen LogP contribution in [0.5, 0.6) is 0 Å². The molecule has 0 radical (unpaired) electrons. The lowest BCUT2D eigenvalue weighted by atomic mass is 10.0. The third-order valence-electron chi connectivity index (χ3n) is 1.31. The molecule has 0 aromatic carbocycles. The van der Waals surface area contributed by atoms with Crippen LogP contribution in [0.3, 0.4) is 0 Å². The van der Waals surface area contributed by atoms with Crippen molar-refractivity contribution in [2.75, 3.05) is 13.7 Å². The first-order valence-corrected chi connectivity index (χ1v) is 3.02. The highest BCUT2D eigenvalue weighted by Gasteiger charge is 2.26. The summed E-state index contributed by atoms with van der Waals surface area (Å²) in [7, 11) is 1.51. The molecule has 0 rings (SSSR count). The molecule has 4 nitrogen and oxygen atoms in total. The molecular weight excluding hydrogens is 134 g/mol. The normalized spacial score (nSPS) is 16.3. The van der Waals surface area contributed by atoms with Crippen molar-refractivity contribution in [1.82, 2.24) is 0 Å². The number of methoxy groups -OCH3 is 1. The first kappa shape index (κ1) is 9.39. The molecule has 4 heteroatoms. The average Bonchev–Trinajstić information content (AvgIpc) is 1.84. The number of carboxylic acids is 1. The van der Waals surface area contributed by atoms with E-state index < -0.39 is 11.5 Å². The second-order valence-electron chi connectivity index (χ2n) is 2.47. The maximum Gasteiger partial charge on any atom is 0.323 e. The number of ether oxygens (including phenoxy) is 1. The molecule has 0 aromatic rings. The van der Waals surface area contributed by atoms with Gasteiger partial charge in [-0.3, -0.25) is 4.79 Å². The monoisotopic (exact) mass is 147 g/mol.